The lowest BCUT2D eigenvalue weighted by molar-refractivity contribution is -0.137. The molecule has 0 radical (unpaired) electrons. The molecule has 0 unspecified atom stereocenters. The Morgan fingerprint density at radius 1 is 1.00 bits per heavy atom. The predicted octanol–water partition coefficient (Wildman–Crippen LogP) is 5.53. The summed E-state index contributed by atoms with van der Waals surface area (Å²) in [6.07, 6.45) is -4.39. The van der Waals surface area contributed by atoms with Gasteiger partial charge >= 0.3 is 6.18 Å². The summed E-state index contributed by atoms with van der Waals surface area (Å²) >= 11 is 0. The van der Waals surface area contributed by atoms with Crippen LogP contribution in [0.4, 0.5) is 19.0 Å². The first kappa shape index (κ1) is 18.9. The first-order chi connectivity index (χ1) is 13.8. The van der Waals surface area contributed by atoms with Crippen LogP contribution in [-0.4, -0.2) is 15.1 Å². The normalized spacial score (nSPS) is 11.8. The molecule has 2 heterocycles. The maximum atomic E-state index is 13.0. The first-order valence-electron chi connectivity index (χ1n) is 8.92. The van der Waals surface area contributed by atoms with E-state index in [0.717, 1.165) is 28.6 Å². The molecule has 0 spiro atoms. The molecule has 29 heavy (non-hydrogen) atoms. The zero-order valence-corrected chi connectivity index (χ0v) is 15.7. The van der Waals surface area contributed by atoms with E-state index in [2.05, 4.69) is 15.5 Å². The Labute approximate surface area is 164 Å². The van der Waals surface area contributed by atoms with Crippen molar-refractivity contribution in [3.63, 3.8) is 0 Å². The van der Waals surface area contributed by atoms with Crippen molar-refractivity contribution in [1.82, 2.24) is 15.1 Å². The summed E-state index contributed by atoms with van der Waals surface area (Å²) < 4.78 is 44.0. The van der Waals surface area contributed by atoms with Crippen LogP contribution in [0.15, 0.2) is 53.1 Å². The molecule has 0 atom stereocenters. The number of hydrogen-bond donors (Lipinski definition) is 1. The van der Waals surface area contributed by atoms with Gasteiger partial charge in [0.05, 0.1) is 16.6 Å². The summed E-state index contributed by atoms with van der Waals surface area (Å²) in [5.41, 5.74) is 2.20. The van der Waals surface area contributed by atoms with Gasteiger partial charge in [-0.3, -0.25) is 0 Å². The third-order valence-electron chi connectivity index (χ3n) is 4.53. The number of para-hydroxylation sites is 1. The lowest BCUT2D eigenvalue weighted by Crippen LogP contribution is -2.08. The van der Waals surface area contributed by atoms with Crippen molar-refractivity contribution in [1.29, 1.82) is 0 Å². The highest BCUT2D eigenvalue weighted by Gasteiger charge is 2.30. The van der Waals surface area contributed by atoms with Crippen LogP contribution < -0.4 is 5.32 Å². The van der Waals surface area contributed by atoms with Crippen molar-refractivity contribution in [3.05, 3.63) is 71.1 Å². The zero-order chi connectivity index (χ0) is 20.6. The molecular weight excluding hydrogens is 381 g/mol. The molecule has 0 aliphatic rings. The fraction of sp³-hybridized carbons (Fsp3) is 0.190. The molecule has 0 aliphatic carbocycles. The van der Waals surface area contributed by atoms with Gasteiger partial charge in [0.25, 0.3) is 0 Å². The van der Waals surface area contributed by atoms with Crippen molar-refractivity contribution in [3.8, 4) is 11.4 Å². The molecule has 4 rings (SSSR count). The van der Waals surface area contributed by atoms with Gasteiger partial charge in [-0.2, -0.15) is 18.2 Å². The number of halogens is 3. The molecule has 0 fully saturated rings. The van der Waals surface area contributed by atoms with E-state index in [1.165, 1.54) is 6.07 Å². The topological polar surface area (TPSA) is 63.8 Å². The lowest BCUT2D eigenvalue weighted by Gasteiger charge is -2.13. The van der Waals surface area contributed by atoms with Gasteiger partial charge in [0.1, 0.15) is 5.82 Å². The minimum atomic E-state index is -4.39. The van der Waals surface area contributed by atoms with E-state index in [1.54, 1.807) is 13.0 Å². The van der Waals surface area contributed by atoms with E-state index in [4.69, 9.17) is 9.51 Å². The number of benzene rings is 2. The van der Waals surface area contributed by atoms with Crippen LogP contribution in [0.3, 0.4) is 0 Å². The average Bonchev–Trinajstić information content (AvgIpc) is 3.12. The van der Waals surface area contributed by atoms with E-state index in [1.807, 2.05) is 31.2 Å². The number of rotatable bonds is 4. The third kappa shape index (κ3) is 3.91. The zero-order valence-electron chi connectivity index (χ0n) is 15.7. The number of aromatic nitrogens is 3. The highest BCUT2D eigenvalue weighted by Crippen LogP contribution is 2.31. The van der Waals surface area contributed by atoms with Crippen LogP contribution in [-0.2, 0) is 12.7 Å². The standard InChI is InChI=1S/C21H17F3N4O/c1-12-5-3-7-15-10-17(20-26-13(2)29-28-20)19(27-18(12)15)25-11-14-6-4-8-16(9-14)21(22,23)24/h3-10H,11H2,1-2H3,(H,25,27). The van der Waals surface area contributed by atoms with Gasteiger partial charge < -0.3 is 9.84 Å². The Hall–Kier alpha value is -3.42. The van der Waals surface area contributed by atoms with Gasteiger partial charge in [-0.1, -0.05) is 35.5 Å². The van der Waals surface area contributed by atoms with Crippen LogP contribution in [0, 0.1) is 13.8 Å². The molecule has 148 valence electrons. The fourth-order valence-corrected chi connectivity index (χ4v) is 3.10. The molecule has 0 saturated heterocycles. The highest BCUT2D eigenvalue weighted by molar-refractivity contribution is 5.89. The van der Waals surface area contributed by atoms with Crippen LogP contribution in [0.5, 0.6) is 0 Å². The molecule has 0 aliphatic heterocycles. The Bertz CT molecular complexity index is 1180. The van der Waals surface area contributed by atoms with Crippen LogP contribution in [0.1, 0.15) is 22.6 Å². The predicted molar refractivity (Wildman–Crippen MR) is 103 cm³/mol. The summed E-state index contributed by atoms with van der Waals surface area (Å²) in [5, 5.41) is 8.01. The SMILES string of the molecule is Cc1nc(-c2cc3cccc(C)c3nc2NCc2cccc(C(F)(F)F)c2)no1. The van der Waals surface area contributed by atoms with Crippen molar-refractivity contribution in [2.24, 2.45) is 0 Å². The summed E-state index contributed by atoms with van der Waals surface area (Å²) in [4.78, 5) is 8.96. The van der Waals surface area contributed by atoms with Crippen molar-refractivity contribution in [2.45, 2.75) is 26.6 Å². The average molecular weight is 398 g/mol. The van der Waals surface area contributed by atoms with Gasteiger partial charge in [-0.05, 0) is 36.2 Å². The molecule has 1 N–H and O–H groups in total. The second-order valence-corrected chi connectivity index (χ2v) is 6.72. The molecule has 5 nitrogen and oxygen atoms in total. The Morgan fingerprint density at radius 3 is 2.52 bits per heavy atom. The maximum absolute atomic E-state index is 13.0. The molecule has 0 amide bonds. The number of aryl methyl sites for hydroxylation is 2. The Balaban J connectivity index is 1.73. The molecule has 0 bridgehead atoms. The van der Waals surface area contributed by atoms with Crippen molar-refractivity contribution >= 4 is 16.7 Å². The first-order valence-corrected chi connectivity index (χ1v) is 8.92. The maximum Gasteiger partial charge on any atom is 0.416 e. The van der Waals surface area contributed by atoms with Crippen molar-refractivity contribution < 1.29 is 17.7 Å². The van der Waals surface area contributed by atoms with E-state index in [-0.39, 0.29) is 6.54 Å². The number of anilines is 1. The molecule has 0 saturated carbocycles. The molecule has 2 aromatic heterocycles. The fourth-order valence-electron chi connectivity index (χ4n) is 3.10. The molecule has 2 aromatic carbocycles. The number of pyridine rings is 1. The molecular formula is C21H17F3N4O. The van der Waals surface area contributed by atoms with E-state index >= 15 is 0 Å². The highest BCUT2D eigenvalue weighted by atomic mass is 19.4. The minimum Gasteiger partial charge on any atom is -0.365 e. The number of nitrogens with one attached hydrogen (secondary N) is 1. The number of fused-ring (bicyclic) bond motifs is 1. The van der Waals surface area contributed by atoms with Gasteiger partial charge in [-0.25, -0.2) is 4.98 Å². The van der Waals surface area contributed by atoms with E-state index < -0.39 is 11.7 Å². The van der Waals surface area contributed by atoms with Crippen LogP contribution in [0.25, 0.3) is 22.3 Å². The van der Waals surface area contributed by atoms with Gasteiger partial charge in [0.15, 0.2) is 0 Å². The smallest absolute Gasteiger partial charge is 0.365 e. The van der Waals surface area contributed by atoms with Gasteiger partial charge in [0.2, 0.25) is 11.7 Å². The number of nitrogens with zero attached hydrogens (tertiary/aromatic N) is 3. The number of hydrogen-bond acceptors (Lipinski definition) is 5. The minimum absolute atomic E-state index is 0.165. The second-order valence-electron chi connectivity index (χ2n) is 6.72. The summed E-state index contributed by atoms with van der Waals surface area (Å²) in [7, 11) is 0. The Kier molecular flexibility index (Phi) is 4.70. The molecule has 8 heteroatoms. The van der Waals surface area contributed by atoms with Crippen molar-refractivity contribution in [2.75, 3.05) is 5.32 Å². The van der Waals surface area contributed by atoms with Gasteiger partial charge in [-0.15, -0.1) is 0 Å². The van der Waals surface area contributed by atoms with Crippen LogP contribution in [0.2, 0.25) is 0 Å². The summed E-state index contributed by atoms with van der Waals surface area (Å²) in [6, 6.07) is 12.9. The summed E-state index contributed by atoms with van der Waals surface area (Å²) in [6.45, 7) is 3.80. The largest absolute Gasteiger partial charge is 0.416 e. The number of alkyl halides is 3. The Morgan fingerprint density at radius 2 is 1.79 bits per heavy atom. The van der Waals surface area contributed by atoms with E-state index in [0.29, 0.717) is 28.7 Å². The quantitative estimate of drug-likeness (QED) is 0.490. The van der Waals surface area contributed by atoms with Crippen LogP contribution >= 0.6 is 0 Å². The van der Waals surface area contributed by atoms with E-state index in [9.17, 15) is 13.2 Å². The molecule has 4 aromatic rings. The lowest BCUT2D eigenvalue weighted by atomic mass is 10.1. The van der Waals surface area contributed by atoms with Gasteiger partial charge in [0, 0.05) is 18.9 Å². The monoisotopic (exact) mass is 398 g/mol. The third-order valence-corrected chi connectivity index (χ3v) is 4.53. The second kappa shape index (κ2) is 7.20. The summed E-state index contributed by atoms with van der Waals surface area (Å²) in [5.74, 6) is 1.25.